The van der Waals surface area contributed by atoms with Gasteiger partial charge in [0.1, 0.15) is 0 Å². The molecule has 0 radical (unpaired) electrons. The average Bonchev–Trinajstić information content (AvgIpc) is 1.96. The van der Waals surface area contributed by atoms with Crippen LogP contribution in [-0.4, -0.2) is 6.26 Å². The highest BCUT2D eigenvalue weighted by Crippen LogP contribution is 2.40. The maximum absolute atomic E-state index is 5.78. The third-order valence-electron chi connectivity index (χ3n) is 2.05. The Balaban J connectivity index is 3.06. The topological polar surface area (TPSA) is 26.0 Å². The first-order valence-electron chi connectivity index (χ1n) is 3.91. The maximum Gasteiger partial charge on any atom is 0.0350 e. The summed E-state index contributed by atoms with van der Waals surface area (Å²) in [6, 6.07) is 0. The Morgan fingerprint density at radius 2 is 2.08 bits per heavy atom. The summed E-state index contributed by atoms with van der Waals surface area (Å²) in [7, 11) is 0. The lowest BCUT2D eigenvalue weighted by Gasteiger charge is -2.28. The van der Waals surface area contributed by atoms with Crippen molar-refractivity contribution in [2.45, 2.75) is 13.8 Å². The fraction of sp³-hybridized carbons (Fsp3) is 0.400. The van der Waals surface area contributed by atoms with Gasteiger partial charge < -0.3 is 5.73 Å². The van der Waals surface area contributed by atoms with Gasteiger partial charge in [0.25, 0.3) is 0 Å². The van der Waals surface area contributed by atoms with Crippen molar-refractivity contribution in [1.29, 1.82) is 0 Å². The molecule has 1 nitrogen and oxygen atoms in total. The summed E-state index contributed by atoms with van der Waals surface area (Å²) >= 11 is 1.76. The highest BCUT2D eigenvalue weighted by molar-refractivity contribution is 8.02. The Labute approximate surface area is 78.4 Å². The van der Waals surface area contributed by atoms with Crippen molar-refractivity contribution in [2.75, 3.05) is 6.26 Å². The van der Waals surface area contributed by atoms with Crippen LogP contribution in [0.15, 0.2) is 34.9 Å². The normalized spacial score (nSPS) is 21.8. The molecule has 0 aromatic rings. The van der Waals surface area contributed by atoms with Crippen molar-refractivity contribution in [3.05, 3.63) is 34.9 Å². The molecule has 0 atom stereocenters. The predicted octanol–water partition coefficient (Wildman–Crippen LogP) is 2.67. The standard InChI is InChI=1S/C10H15NS/c1-7-5-9(12-4)10(2,3)6-8(7)11/h5-6H,1,11H2,2-4H3. The predicted molar refractivity (Wildman–Crippen MR) is 56.8 cm³/mol. The van der Waals surface area contributed by atoms with Gasteiger partial charge in [0.15, 0.2) is 0 Å². The number of thioether (sulfide) groups is 1. The van der Waals surface area contributed by atoms with Crippen LogP contribution in [0.2, 0.25) is 0 Å². The van der Waals surface area contributed by atoms with Crippen molar-refractivity contribution < 1.29 is 0 Å². The van der Waals surface area contributed by atoms with Gasteiger partial charge in [-0.05, 0) is 22.8 Å². The molecule has 1 rings (SSSR count). The lowest BCUT2D eigenvalue weighted by atomic mass is 9.86. The van der Waals surface area contributed by atoms with Crippen molar-refractivity contribution in [1.82, 2.24) is 0 Å². The summed E-state index contributed by atoms with van der Waals surface area (Å²) < 4.78 is 0. The van der Waals surface area contributed by atoms with Gasteiger partial charge in [-0.3, -0.25) is 0 Å². The van der Waals surface area contributed by atoms with Crippen molar-refractivity contribution >= 4 is 11.8 Å². The zero-order valence-electron chi connectivity index (χ0n) is 7.85. The molecule has 2 N–H and O–H groups in total. The van der Waals surface area contributed by atoms with E-state index in [1.165, 1.54) is 4.91 Å². The Morgan fingerprint density at radius 1 is 1.50 bits per heavy atom. The van der Waals surface area contributed by atoms with Crippen molar-refractivity contribution in [3.8, 4) is 0 Å². The summed E-state index contributed by atoms with van der Waals surface area (Å²) in [6.07, 6.45) is 6.22. The van der Waals surface area contributed by atoms with Crippen LogP contribution in [0.3, 0.4) is 0 Å². The molecular weight excluding hydrogens is 166 g/mol. The average molecular weight is 181 g/mol. The van der Waals surface area contributed by atoms with E-state index in [9.17, 15) is 0 Å². The van der Waals surface area contributed by atoms with E-state index in [4.69, 9.17) is 5.73 Å². The SMILES string of the molecule is C=C1C=C(SC)C(C)(C)C=C1N. The molecule has 1 aliphatic carbocycles. The minimum Gasteiger partial charge on any atom is -0.398 e. The number of hydrogen-bond donors (Lipinski definition) is 1. The van der Waals surface area contributed by atoms with E-state index in [2.05, 4.69) is 38.8 Å². The van der Waals surface area contributed by atoms with Gasteiger partial charge in [-0.15, -0.1) is 11.8 Å². The van der Waals surface area contributed by atoms with Crippen LogP contribution in [0.1, 0.15) is 13.8 Å². The first kappa shape index (κ1) is 9.46. The molecule has 0 bridgehead atoms. The molecule has 0 saturated heterocycles. The third-order valence-corrected chi connectivity index (χ3v) is 3.13. The molecule has 0 spiro atoms. The second kappa shape index (κ2) is 3.02. The summed E-state index contributed by atoms with van der Waals surface area (Å²) in [5.41, 5.74) is 7.59. The molecule has 66 valence electrons. The smallest absolute Gasteiger partial charge is 0.0350 e. The molecule has 0 amide bonds. The van der Waals surface area contributed by atoms with E-state index in [0.717, 1.165) is 11.3 Å². The van der Waals surface area contributed by atoms with Gasteiger partial charge >= 0.3 is 0 Å². The van der Waals surface area contributed by atoms with Crippen LogP contribution in [0.25, 0.3) is 0 Å². The second-order valence-corrected chi connectivity index (χ2v) is 4.41. The van der Waals surface area contributed by atoms with E-state index in [0.29, 0.717) is 0 Å². The number of allylic oxidation sites excluding steroid dienone is 3. The van der Waals surface area contributed by atoms with Crippen molar-refractivity contribution in [2.24, 2.45) is 11.1 Å². The fourth-order valence-electron chi connectivity index (χ4n) is 1.30. The highest BCUT2D eigenvalue weighted by Gasteiger charge is 2.24. The molecular formula is C10H15NS. The maximum atomic E-state index is 5.78. The van der Waals surface area contributed by atoms with Crippen LogP contribution >= 0.6 is 11.8 Å². The first-order chi connectivity index (χ1) is 5.47. The Morgan fingerprint density at radius 3 is 2.58 bits per heavy atom. The van der Waals surface area contributed by atoms with Gasteiger partial charge in [-0.1, -0.05) is 26.5 Å². The van der Waals surface area contributed by atoms with E-state index in [-0.39, 0.29) is 5.41 Å². The van der Waals surface area contributed by atoms with Gasteiger partial charge in [0, 0.05) is 11.1 Å². The van der Waals surface area contributed by atoms with Crippen LogP contribution in [0.4, 0.5) is 0 Å². The Hall–Kier alpha value is -0.630. The van der Waals surface area contributed by atoms with E-state index >= 15 is 0 Å². The van der Waals surface area contributed by atoms with Crippen LogP contribution < -0.4 is 5.73 Å². The molecule has 0 heterocycles. The van der Waals surface area contributed by atoms with Gasteiger partial charge in [-0.2, -0.15) is 0 Å². The van der Waals surface area contributed by atoms with E-state index in [1.54, 1.807) is 11.8 Å². The van der Waals surface area contributed by atoms with Crippen LogP contribution in [0, 0.1) is 5.41 Å². The first-order valence-corrected chi connectivity index (χ1v) is 5.13. The lowest BCUT2D eigenvalue weighted by Crippen LogP contribution is -2.17. The molecule has 1 aliphatic rings. The molecule has 0 aromatic carbocycles. The molecule has 0 aromatic heterocycles. The van der Waals surface area contributed by atoms with E-state index < -0.39 is 0 Å². The highest BCUT2D eigenvalue weighted by atomic mass is 32.2. The fourth-order valence-corrected chi connectivity index (χ4v) is 2.15. The summed E-state index contributed by atoms with van der Waals surface area (Å²) in [6.45, 7) is 8.20. The molecule has 0 fully saturated rings. The molecule has 0 saturated carbocycles. The zero-order chi connectivity index (χ0) is 9.35. The number of rotatable bonds is 1. The zero-order valence-corrected chi connectivity index (χ0v) is 8.66. The largest absolute Gasteiger partial charge is 0.398 e. The minimum atomic E-state index is 0.0741. The molecule has 0 unspecified atom stereocenters. The Bertz CT molecular complexity index is 272. The molecule has 12 heavy (non-hydrogen) atoms. The van der Waals surface area contributed by atoms with Crippen molar-refractivity contribution in [3.63, 3.8) is 0 Å². The minimum absolute atomic E-state index is 0.0741. The Kier molecular flexibility index (Phi) is 2.38. The molecule has 2 heteroatoms. The quantitative estimate of drug-likeness (QED) is 0.673. The summed E-state index contributed by atoms with van der Waals surface area (Å²) in [5, 5.41) is 0. The van der Waals surface area contributed by atoms with Crippen LogP contribution in [-0.2, 0) is 0 Å². The van der Waals surface area contributed by atoms with Gasteiger partial charge in [-0.25, -0.2) is 0 Å². The van der Waals surface area contributed by atoms with Gasteiger partial charge in [0.2, 0.25) is 0 Å². The monoisotopic (exact) mass is 181 g/mol. The third kappa shape index (κ3) is 1.58. The molecule has 0 aliphatic heterocycles. The van der Waals surface area contributed by atoms with Crippen LogP contribution in [0.5, 0.6) is 0 Å². The summed E-state index contributed by atoms with van der Waals surface area (Å²) in [4.78, 5) is 1.32. The lowest BCUT2D eigenvalue weighted by molar-refractivity contribution is 0.603. The number of nitrogens with two attached hydrogens (primary N) is 1. The second-order valence-electron chi connectivity index (χ2n) is 3.56. The summed E-state index contributed by atoms with van der Waals surface area (Å²) in [5.74, 6) is 0. The number of hydrogen-bond acceptors (Lipinski definition) is 2. The van der Waals surface area contributed by atoms with E-state index in [1.807, 2.05) is 0 Å². The van der Waals surface area contributed by atoms with Gasteiger partial charge in [0.05, 0.1) is 0 Å².